The van der Waals surface area contributed by atoms with Gasteiger partial charge in [0.1, 0.15) is 0 Å². The van der Waals surface area contributed by atoms with E-state index in [1.54, 1.807) is 11.3 Å². The van der Waals surface area contributed by atoms with E-state index in [1.165, 1.54) is 10.3 Å². The highest BCUT2D eigenvalue weighted by atomic mass is 32.1. The van der Waals surface area contributed by atoms with Crippen LogP contribution in [-0.4, -0.2) is 10.5 Å². The number of carbonyl (C=O) groups is 1. The van der Waals surface area contributed by atoms with Gasteiger partial charge in [-0.1, -0.05) is 24.3 Å². The van der Waals surface area contributed by atoms with E-state index < -0.39 is 0 Å². The summed E-state index contributed by atoms with van der Waals surface area (Å²) in [6.45, 7) is 6.99. The molecule has 1 heterocycles. The minimum atomic E-state index is -0.0250. The molecule has 1 aromatic carbocycles. The summed E-state index contributed by atoms with van der Waals surface area (Å²) in [5, 5.41) is 0. The number of benzene rings is 1. The largest absolute Gasteiger partial charge is 0.317 e. The van der Waals surface area contributed by atoms with E-state index in [9.17, 15) is 4.79 Å². The molecule has 0 saturated heterocycles. The summed E-state index contributed by atoms with van der Waals surface area (Å²) in [4.78, 5) is 16.7. The third-order valence-corrected chi connectivity index (χ3v) is 3.88. The number of fused-ring (bicyclic) bond motifs is 1. The Morgan fingerprint density at radius 3 is 2.83 bits per heavy atom. The fourth-order valence-electron chi connectivity index (χ4n) is 1.95. The molecule has 96 valence electrons. The average Bonchev–Trinajstić information content (AvgIpc) is 2.65. The summed E-state index contributed by atoms with van der Waals surface area (Å²) in [6, 6.07) is 6.35. The Labute approximate surface area is 111 Å². The summed E-state index contributed by atoms with van der Waals surface area (Å²) in [6.07, 6.45) is 1.37. The van der Waals surface area contributed by atoms with Crippen LogP contribution in [0, 0.1) is 6.92 Å². The zero-order valence-electron chi connectivity index (χ0n) is 11.1. The molecule has 0 bridgehead atoms. The third kappa shape index (κ3) is 2.53. The van der Waals surface area contributed by atoms with Crippen molar-refractivity contribution in [2.75, 3.05) is 0 Å². The van der Waals surface area contributed by atoms with Crippen LogP contribution in [0.15, 0.2) is 23.2 Å². The van der Waals surface area contributed by atoms with Crippen molar-refractivity contribution >= 4 is 27.5 Å². The van der Waals surface area contributed by atoms with E-state index in [0.717, 1.165) is 23.3 Å². The number of aryl methyl sites for hydroxylation is 2. The quantitative estimate of drug-likeness (QED) is 0.836. The average molecular weight is 262 g/mol. The van der Waals surface area contributed by atoms with E-state index in [4.69, 9.17) is 0 Å². The van der Waals surface area contributed by atoms with Crippen LogP contribution in [-0.2, 0) is 11.3 Å². The molecule has 0 aliphatic heterocycles. The van der Waals surface area contributed by atoms with Crippen LogP contribution in [0.3, 0.4) is 0 Å². The number of thiazole rings is 1. The van der Waals surface area contributed by atoms with Gasteiger partial charge in [0.25, 0.3) is 0 Å². The molecular formula is C14H18N2OS. The molecule has 2 rings (SSSR count). The number of hydrogen-bond acceptors (Lipinski definition) is 2. The summed E-state index contributed by atoms with van der Waals surface area (Å²) < 4.78 is 3.30. The van der Waals surface area contributed by atoms with E-state index >= 15 is 0 Å². The van der Waals surface area contributed by atoms with Crippen LogP contribution in [0.5, 0.6) is 0 Å². The smallest absolute Gasteiger partial charge is 0.248 e. The van der Waals surface area contributed by atoms with Gasteiger partial charge in [-0.3, -0.25) is 4.79 Å². The maximum Gasteiger partial charge on any atom is 0.248 e. The summed E-state index contributed by atoms with van der Waals surface area (Å²) >= 11 is 1.59. The second-order valence-electron chi connectivity index (χ2n) is 4.36. The lowest BCUT2D eigenvalue weighted by molar-refractivity contribution is -0.118. The van der Waals surface area contributed by atoms with Gasteiger partial charge in [0.05, 0.1) is 10.2 Å². The Morgan fingerprint density at radius 2 is 2.17 bits per heavy atom. The molecule has 18 heavy (non-hydrogen) atoms. The molecule has 0 aliphatic carbocycles. The standard InChI is InChI=1S/C14H18N2OS/c1-4-6-13(17)15-14-16(5-2)11-8-7-10(3)9-12(11)18-14/h7-9H,4-6H2,1-3H3. The van der Waals surface area contributed by atoms with Crippen molar-refractivity contribution in [1.82, 2.24) is 4.57 Å². The van der Waals surface area contributed by atoms with Gasteiger partial charge < -0.3 is 4.57 Å². The predicted molar refractivity (Wildman–Crippen MR) is 75.7 cm³/mol. The molecule has 2 aromatic rings. The summed E-state index contributed by atoms with van der Waals surface area (Å²) in [7, 11) is 0. The molecule has 0 radical (unpaired) electrons. The van der Waals surface area contributed by atoms with Gasteiger partial charge in [-0.15, -0.1) is 0 Å². The molecule has 0 saturated carbocycles. The number of aromatic nitrogens is 1. The van der Waals surface area contributed by atoms with Crippen LogP contribution in [0.2, 0.25) is 0 Å². The van der Waals surface area contributed by atoms with Crippen molar-refractivity contribution in [2.24, 2.45) is 4.99 Å². The van der Waals surface area contributed by atoms with Crippen molar-refractivity contribution in [3.63, 3.8) is 0 Å². The Morgan fingerprint density at radius 1 is 1.39 bits per heavy atom. The second kappa shape index (κ2) is 5.48. The molecule has 4 heteroatoms. The fourth-order valence-corrected chi connectivity index (χ4v) is 3.16. The molecule has 1 amide bonds. The lowest BCUT2D eigenvalue weighted by Gasteiger charge is -2.00. The Kier molecular flexibility index (Phi) is 3.97. The molecule has 3 nitrogen and oxygen atoms in total. The Hall–Kier alpha value is -1.42. The number of amides is 1. The van der Waals surface area contributed by atoms with Crippen molar-refractivity contribution in [3.8, 4) is 0 Å². The number of rotatable bonds is 3. The van der Waals surface area contributed by atoms with Crippen molar-refractivity contribution in [2.45, 2.75) is 40.2 Å². The maximum atomic E-state index is 11.7. The van der Waals surface area contributed by atoms with Crippen LogP contribution in [0.4, 0.5) is 0 Å². The van der Waals surface area contributed by atoms with Crippen molar-refractivity contribution in [3.05, 3.63) is 28.6 Å². The molecule has 0 N–H and O–H groups in total. The van der Waals surface area contributed by atoms with Gasteiger partial charge in [-0.25, -0.2) is 0 Å². The molecule has 0 aliphatic rings. The first-order chi connectivity index (χ1) is 8.65. The first-order valence-corrected chi connectivity index (χ1v) is 7.15. The van der Waals surface area contributed by atoms with Crippen molar-refractivity contribution < 1.29 is 4.79 Å². The summed E-state index contributed by atoms with van der Waals surface area (Å²) in [5.41, 5.74) is 2.40. The highest BCUT2D eigenvalue weighted by molar-refractivity contribution is 7.16. The van der Waals surface area contributed by atoms with Crippen LogP contribution in [0.1, 0.15) is 32.3 Å². The van der Waals surface area contributed by atoms with Gasteiger partial charge in [-0.05, 0) is 38.0 Å². The highest BCUT2D eigenvalue weighted by Gasteiger charge is 2.06. The maximum absolute atomic E-state index is 11.7. The van der Waals surface area contributed by atoms with E-state index in [0.29, 0.717) is 6.42 Å². The van der Waals surface area contributed by atoms with E-state index in [2.05, 4.69) is 41.6 Å². The first-order valence-electron chi connectivity index (χ1n) is 6.33. The van der Waals surface area contributed by atoms with Crippen LogP contribution >= 0.6 is 11.3 Å². The summed E-state index contributed by atoms with van der Waals surface area (Å²) in [5.74, 6) is -0.0250. The van der Waals surface area contributed by atoms with Gasteiger partial charge in [0.2, 0.25) is 5.91 Å². The van der Waals surface area contributed by atoms with Gasteiger partial charge in [0.15, 0.2) is 4.80 Å². The third-order valence-electron chi connectivity index (χ3n) is 2.84. The van der Waals surface area contributed by atoms with E-state index in [1.807, 2.05) is 6.92 Å². The van der Waals surface area contributed by atoms with E-state index in [-0.39, 0.29) is 5.91 Å². The Bertz CT molecular complexity index is 637. The Balaban J connectivity index is 2.60. The minimum Gasteiger partial charge on any atom is -0.317 e. The van der Waals surface area contributed by atoms with Gasteiger partial charge >= 0.3 is 0 Å². The van der Waals surface area contributed by atoms with Gasteiger partial charge in [0, 0.05) is 13.0 Å². The molecule has 0 unspecified atom stereocenters. The zero-order valence-corrected chi connectivity index (χ0v) is 11.9. The number of carbonyl (C=O) groups excluding carboxylic acids is 1. The number of hydrogen-bond donors (Lipinski definition) is 0. The first kappa shape index (κ1) is 13.0. The zero-order chi connectivity index (χ0) is 13.1. The fraction of sp³-hybridized carbons (Fsp3) is 0.429. The molecule has 0 fully saturated rings. The van der Waals surface area contributed by atoms with Crippen molar-refractivity contribution in [1.29, 1.82) is 0 Å². The number of nitrogens with zero attached hydrogens (tertiary/aromatic N) is 2. The van der Waals surface area contributed by atoms with Gasteiger partial charge in [-0.2, -0.15) is 4.99 Å². The molecule has 1 aromatic heterocycles. The normalized spacial score (nSPS) is 12.3. The highest BCUT2D eigenvalue weighted by Crippen LogP contribution is 2.18. The SMILES string of the molecule is CCCC(=O)N=c1sc2cc(C)ccc2n1CC. The lowest BCUT2D eigenvalue weighted by Crippen LogP contribution is -2.15. The lowest BCUT2D eigenvalue weighted by atomic mass is 10.2. The second-order valence-corrected chi connectivity index (χ2v) is 5.36. The van der Waals surface area contributed by atoms with Crippen LogP contribution < -0.4 is 4.80 Å². The topological polar surface area (TPSA) is 34.4 Å². The predicted octanol–water partition coefficient (Wildman–Crippen LogP) is 3.26. The molecule has 0 spiro atoms. The minimum absolute atomic E-state index is 0.0250. The van der Waals surface area contributed by atoms with Crippen LogP contribution in [0.25, 0.3) is 10.2 Å². The monoisotopic (exact) mass is 262 g/mol. The molecular weight excluding hydrogens is 244 g/mol. The molecule has 0 atom stereocenters.